The van der Waals surface area contributed by atoms with Crippen molar-refractivity contribution in [3.8, 4) is 0 Å². The Hall–Kier alpha value is -1.43. The lowest BCUT2D eigenvalue weighted by molar-refractivity contribution is 0.484. The third-order valence-electron chi connectivity index (χ3n) is 3.28. The number of rotatable bonds is 4. The Kier molecular flexibility index (Phi) is 3.27. The minimum atomic E-state index is 0.799. The van der Waals surface area contributed by atoms with E-state index in [1.54, 1.807) is 0 Å². The Morgan fingerprint density at radius 2 is 2.39 bits per heavy atom. The summed E-state index contributed by atoms with van der Waals surface area (Å²) < 4.78 is 6.41. The molecule has 0 aliphatic carbocycles. The van der Waals surface area contributed by atoms with Gasteiger partial charge in [0.05, 0.1) is 6.20 Å². The van der Waals surface area contributed by atoms with E-state index < -0.39 is 0 Å². The van der Waals surface area contributed by atoms with E-state index in [4.69, 9.17) is 0 Å². The van der Waals surface area contributed by atoms with Crippen LogP contribution < -0.4 is 5.32 Å². The fourth-order valence-electron chi connectivity index (χ4n) is 2.27. The number of fused-ring (bicyclic) bond motifs is 1. The molecule has 0 aromatic carbocycles. The Balaban J connectivity index is 1.67. The predicted molar refractivity (Wildman–Crippen MR) is 71.8 cm³/mol. The van der Waals surface area contributed by atoms with Gasteiger partial charge in [0.2, 0.25) is 5.13 Å². The summed E-state index contributed by atoms with van der Waals surface area (Å²) in [5, 5.41) is 8.68. The van der Waals surface area contributed by atoms with Crippen LogP contribution in [0.1, 0.15) is 36.8 Å². The Bertz CT molecular complexity index is 530. The molecule has 3 rings (SSSR count). The first kappa shape index (κ1) is 11.6. The second-order valence-corrected chi connectivity index (χ2v) is 5.27. The summed E-state index contributed by atoms with van der Waals surface area (Å²) >= 11 is 1.43. The number of hydrogen-bond acceptors (Lipinski definition) is 5. The van der Waals surface area contributed by atoms with Crippen molar-refractivity contribution in [1.29, 1.82) is 0 Å². The molecular formula is C12H17N5S. The molecule has 0 saturated carbocycles. The molecule has 2 aromatic rings. The monoisotopic (exact) mass is 263 g/mol. The van der Waals surface area contributed by atoms with E-state index in [0.29, 0.717) is 0 Å². The Labute approximate surface area is 110 Å². The smallest absolute Gasteiger partial charge is 0.202 e. The molecule has 0 amide bonds. The molecular weight excluding hydrogens is 246 g/mol. The molecule has 0 saturated heterocycles. The van der Waals surface area contributed by atoms with Gasteiger partial charge in [0.15, 0.2) is 0 Å². The molecule has 18 heavy (non-hydrogen) atoms. The molecule has 0 unspecified atom stereocenters. The average molecular weight is 263 g/mol. The zero-order valence-corrected chi connectivity index (χ0v) is 11.3. The Morgan fingerprint density at radius 1 is 1.44 bits per heavy atom. The second-order valence-electron chi connectivity index (χ2n) is 4.52. The SMILES string of the molecule is CCc1nsc(NCc2cnn3c2CCCC3)n1. The van der Waals surface area contributed by atoms with Crippen molar-refractivity contribution in [3.63, 3.8) is 0 Å². The van der Waals surface area contributed by atoms with Crippen molar-refractivity contribution >= 4 is 16.7 Å². The van der Waals surface area contributed by atoms with Crippen molar-refractivity contribution < 1.29 is 0 Å². The molecule has 3 heterocycles. The second kappa shape index (κ2) is 5.06. The van der Waals surface area contributed by atoms with Gasteiger partial charge in [-0.3, -0.25) is 4.68 Å². The van der Waals surface area contributed by atoms with Crippen molar-refractivity contribution in [2.75, 3.05) is 5.32 Å². The summed E-state index contributed by atoms with van der Waals surface area (Å²) in [4.78, 5) is 4.41. The van der Waals surface area contributed by atoms with Gasteiger partial charge in [0.25, 0.3) is 0 Å². The average Bonchev–Trinajstić information content (AvgIpc) is 3.03. The molecule has 1 N–H and O–H groups in total. The van der Waals surface area contributed by atoms with E-state index in [1.165, 1.54) is 35.6 Å². The zero-order chi connectivity index (χ0) is 12.4. The van der Waals surface area contributed by atoms with Gasteiger partial charge in [-0.05, 0) is 19.3 Å². The van der Waals surface area contributed by atoms with Crippen LogP contribution in [0.4, 0.5) is 5.13 Å². The van der Waals surface area contributed by atoms with E-state index >= 15 is 0 Å². The maximum Gasteiger partial charge on any atom is 0.202 e. The lowest BCUT2D eigenvalue weighted by Gasteiger charge is -2.14. The number of aryl methyl sites for hydroxylation is 2. The van der Waals surface area contributed by atoms with Gasteiger partial charge >= 0.3 is 0 Å². The lowest BCUT2D eigenvalue weighted by Crippen LogP contribution is -2.13. The van der Waals surface area contributed by atoms with Crippen LogP contribution in [0.5, 0.6) is 0 Å². The van der Waals surface area contributed by atoms with Gasteiger partial charge in [-0.25, -0.2) is 4.98 Å². The third kappa shape index (κ3) is 2.25. The van der Waals surface area contributed by atoms with Gasteiger partial charge in [-0.15, -0.1) is 0 Å². The van der Waals surface area contributed by atoms with Crippen LogP contribution >= 0.6 is 11.5 Å². The number of aromatic nitrogens is 4. The van der Waals surface area contributed by atoms with Crippen LogP contribution in [-0.4, -0.2) is 19.1 Å². The highest BCUT2D eigenvalue weighted by Crippen LogP contribution is 2.19. The van der Waals surface area contributed by atoms with Crippen LogP contribution in [-0.2, 0) is 25.9 Å². The van der Waals surface area contributed by atoms with Crippen LogP contribution in [0.15, 0.2) is 6.20 Å². The largest absolute Gasteiger partial charge is 0.356 e. The summed E-state index contributed by atoms with van der Waals surface area (Å²) in [5.41, 5.74) is 2.68. The summed E-state index contributed by atoms with van der Waals surface area (Å²) in [6.07, 6.45) is 6.54. The highest BCUT2D eigenvalue weighted by molar-refractivity contribution is 7.09. The molecule has 5 nitrogen and oxygen atoms in total. The van der Waals surface area contributed by atoms with E-state index in [-0.39, 0.29) is 0 Å². The van der Waals surface area contributed by atoms with Crippen LogP contribution in [0.2, 0.25) is 0 Å². The first-order valence-electron chi connectivity index (χ1n) is 6.47. The molecule has 1 aliphatic heterocycles. The first-order chi connectivity index (χ1) is 8.86. The highest BCUT2D eigenvalue weighted by Gasteiger charge is 2.14. The highest BCUT2D eigenvalue weighted by atomic mass is 32.1. The quantitative estimate of drug-likeness (QED) is 0.919. The standard InChI is InChI=1S/C12H17N5S/c1-2-11-15-12(18-16-11)13-7-9-8-14-17-6-4-3-5-10(9)17/h8H,2-7H2,1H3,(H,13,15,16). The zero-order valence-electron chi connectivity index (χ0n) is 10.5. The Morgan fingerprint density at radius 3 is 3.22 bits per heavy atom. The minimum Gasteiger partial charge on any atom is -0.356 e. The molecule has 0 radical (unpaired) electrons. The summed E-state index contributed by atoms with van der Waals surface area (Å²) in [6.45, 7) is 3.93. The number of nitrogens with zero attached hydrogens (tertiary/aromatic N) is 4. The van der Waals surface area contributed by atoms with E-state index in [2.05, 4.69) is 31.4 Å². The third-order valence-corrected chi connectivity index (χ3v) is 3.99. The van der Waals surface area contributed by atoms with Crippen LogP contribution in [0.3, 0.4) is 0 Å². The summed E-state index contributed by atoms with van der Waals surface area (Å²) in [6, 6.07) is 0. The van der Waals surface area contributed by atoms with Crippen molar-refractivity contribution in [3.05, 3.63) is 23.3 Å². The molecule has 96 valence electrons. The molecule has 0 bridgehead atoms. The molecule has 0 fully saturated rings. The molecule has 0 atom stereocenters. The van der Waals surface area contributed by atoms with Gasteiger partial charge in [0, 0.05) is 42.3 Å². The molecule has 2 aromatic heterocycles. The van der Waals surface area contributed by atoms with E-state index in [9.17, 15) is 0 Å². The number of anilines is 1. The van der Waals surface area contributed by atoms with Gasteiger partial charge in [-0.1, -0.05) is 6.92 Å². The number of nitrogens with one attached hydrogen (secondary N) is 1. The van der Waals surface area contributed by atoms with Gasteiger partial charge in [-0.2, -0.15) is 9.47 Å². The van der Waals surface area contributed by atoms with Crippen molar-refractivity contribution in [2.24, 2.45) is 0 Å². The number of hydrogen-bond donors (Lipinski definition) is 1. The van der Waals surface area contributed by atoms with Crippen molar-refractivity contribution in [1.82, 2.24) is 19.1 Å². The summed E-state index contributed by atoms with van der Waals surface area (Å²) in [7, 11) is 0. The maximum absolute atomic E-state index is 4.43. The van der Waals surface area contributed by atoms with Crippen LogP contribution in [0, 0.1) is 0 Å². The maximum atomic E-state index is 4.43. The normalized spacial score (nSPS) is 14.5. The first-order valence-corrected chi connectivity index (χ1v) is 7.24. The van der Waals surface area contributed by atoms with E-state index in [1.807, 2.05) is 6.20 Å². The minimum absolute atomic E-state index is 0.799. The van der Waals surface area contributed by atoms with Crippen molar-refractivity contribution in [2.45, 2.75) is 45.7 Å². The van der Waals surface area contributed by atoms with Gasteiger partial charge in [0.1, 0.15) is 5.82 Å². The molecule has 1 aliphatic rings. The fraction of sp³-hybridized carbons (Fsp3) is 0.583. The van der Waals surface area contributed by atoms with E-state index in [0.717, 1.165) is 36.9 Å². The lowest BCUT2D eigenvalue weighted by atomic mass is 10.1. The summed E-state index contributed by atoms with van der Waals surface area (Å²) in [5.74, 6) is 0.916. The van der Waals surface area contributed by atoms with Crippen LogP contribution in [0.25, 0.3) is 0 Å². The fourth-order valence-corrected chi connectivity index (χ4v) is 2.92. The topological polar surface area (TPSA) is 55.6 Å². The predicted octanol–water partition coefficient (Wildman–Crippen LogP) is 2.25. The molecule has 0 spiro atoms. The molecule has 6 heteroatoms. The van der Waals surface area contributed by atoms with Gasteiger partial charge < -0.3 is 5.32 Å².